The number of rotatable bonds is 12. The minimum Gasteiger partial charge on any atom is -0.295 e. The summed E-state index contributed by atoms with van der Waals surface area (Å²) in [6.45, 7) is 23.1. The van der Waals surface area contributed by atoms with E-state index in [0.717, 1.165) is 12.8 Å². The number of hydrogen-bond acceptors (Lipinski definition) is 1. The fourth-order valence-electron chi connectivity index (χ4n) is 1.87. The first kappa shape index (κ1) is 38.1. The van der Waals surface area contributed by atoms with Gasteiger partial charge in [-0.15, -0.1) is 0 Å². The highest BCUT2D eigenvalue weighted by molar-refractivity contribution is 5.88. The first-order valence-electron chi connectivity index (χ1n) is 12.6. The zero-order valence-electron chi connectivity index (χ0n) is 21.8. The predicted octanol–water partition coefficient (Wildman–Crippen LogP) is 10.7. The summed E-state index contributed by atoms with van der Waals surface area (Å²) in [6.07, 6.45) is 20.4. The summed E-state index contributed by atoms with van der Waals surface area (Å²) < 4.78 is 0. The van der Waals surface area contributed by atoms with E-state index in [1.807, 2.05) is 0 Å². The van der Waals surface area contributed by atoms with Gasteiger partial charge in [0.05, 0.1) is 0 Å². The quantitative estimate of drug-likeness (QED) is 0.298. The van der Waals surface area contributed by atoms with E-state index in [1.54, 1.807) is 0 Å². The summed E-state index contributed by atoms with van der Waals surface area (Å²) in [6, 6.07) is 0. The Labute approximate surface area is 182 Å². The molecule has 0 heterocycles. The fourth-order valence-corrected chi connectivity index (χ4v) is 1.87. The normalized spacial score (nSPS) is 8.46. The van der Waals surface area contributed by atoms with E-state index in [4.69, 9.17) is 0 Å². The Kier molecular flexibility index (Phi) is 68.4. The number of hydrogen-bond donors (Lipinski definition) is 0. The van der Waals surface area contributed by atoms with E-state index >= 15 is 0 Å². The Hall–Kier alpha value is -0.590. The highest BCUT2D eigenvalue weighted by atomic mass is 16.1. The highest BCUT2D eigenvalue weighted by Crippen LogP contribution is 1.94. The second-order valence-corrected chi connectivity index (χ2v) is 7.19. The number of allylic oxidation sites excluding steroid dienone is 1. The Morgan fingerprint density at radius 3 is 0.821 bits per heavy atom. The van der Waals surface area contributed by atoms with Crippen LogP contribution in [-0.2, 0) is 4.79 Å². The van der Waals surface area contributed by atoms with E-state index < -0.39 is 0 Å². The van der Waals surface area contributed by atoms with Crippen molar-refractivity contribution in [1.82, 2.24) is 0 Å². The van der Waals surface area contributed by atoms with Crippen molar-refractivity contribution in [2.75, 3.05) is 0 Å². The van der Waals surface area contributed by atoms with Crippen LogP contribution >= 0.6 is 0 Å². The number of unbranched alkanes of at least 4 members (excludes halogenated alkanes) is 9. The zero-order chi connectivity index (χ0) is 22.9. The van der Waals surface area contributed by atoms with Crippen LogP contribution in [-0.4, -0.2) is 5.78 Å². The van der Waals surface area contributed by atoms with Crippen LogP contribution in [0.15, 0.2) is 12.7 Å². The Morgan fingerprint density at radius 1 is 0.500 bits per heavy atom. The third-order valence-electron chi connectivity index (χ3n) is 3.83. The van der Waals surface area contributed by atoms with Crippen LogP contribution in [0.3, 0.4) is 0 Å². The number of ketones is 1. The van der Waals surface area contributed by atoms with Gasteiger partial charge < -0.3 is 0 Å². The Balaban J connectivity index is -0.0000000802. The average Bonchev–Trinajstić information content (AvgIpc) is 2.70. The van der Waals surface area contributed by atoms with Crippen LogP contribution in [0.5, 0.6) is 0 Å². The van der Waals surface area contributed by atoms with Gasteiger partial charge in [0.2, 0.25) is 0 Å². The minimum absolute atomic E-state index is 0.159. The van der Waals surface area contributed by atoms with Crippen molar-refractivity contribution in [3.63, 3.8) is 0 Å². The van der Waals surface area contributed by atoms with Crippen molar-refractivity contribution in [3.05, 3.63) is 12.7 Å². The van der Waals surface area contributed by atoms with Gasteiger partial charge in [0, 0.05) is 6.42 Å². The third-order valence-corrected chi connectivity index (χ3v) is 3.83. The smallest absolute Gasteiger partial charge is 0.155 e. The molecule has 1 nitrogen and oxygen atoms in total. The van der Waals surface area contributed by atoms with Crippen molar-refractivity contribution < 1.29 is 4.79 Å². The molecule has 0 aromatic rings. The summed E-state index contributed by atoms with van der Waals surface area (Å²) in [5.41, 5.74) is 0. The maximum absolute atomic E-state index is 10.5. The van der Waals surface area contributed by atoms with Gasteiger partial charge in [-0.1, -0.05) is 152 Å². The first-order chi connectivity index (χ1) is 13.5. The molecule has 0 aliphatic heterocycles. The molecule has 0 fully saturated rings. The SMILES string of the molecule is C=CC(=O)CCCC.CCCCC.CCCCC.CCCCC.CCCCC. The van der Waals surface area contributed by atoms with Crippen molar-refractivity contribution in [2.24, 2.45) is 0 Å². The monoisotopic (exact) mass is 400 g/mol. The lowest BCUT2D eigenvalue weighted by atomic mass is 10.2. The van der Waals surface area contributed by atoms with E-state index in [-0.39, 0.29) is 5.78 Å². The second kappa shape index (κ2) is 50.3. The number of carbonyl (C=O) groups excluding carboxylic acids is 1. The second-order valence-electron chi connectivity index (χ2n) is 7.19. The molecule has 0 saturated carbocycles. The van der Waals surface area contributed by atoms with Crippen LogP contribution < -0.4 is 0 Å². The molecule has 0 aliphatic rings. The van der Waals surface area contributed by atoms with Gasteiger partial charge in [0.1, 0.15) is 0 Å². The lowest BCUT2D eigenvalue weighted by molar-refractivity contribution is -0.114. The van der Waals surface area contributed by atoms with Crippen LogP contribution in [0.2, 0.25) is 0 Å². The summed E-state index contributed by atoms with van der Waals surface area (Å²) in [5.74, 6) is 0.159. The maximum atomic E-state index is 10.5. The summed E-state index contributed by atoms with van der Waals surface area (Å²) in [5, 5.41) is 0. The molecule has 0 radical (unpaired) electrons. The van der Waals surface area contributed by atoms with Crippen molar-refractivity contribution in [1.29, 1.82) is 0 Å². The fraction of sp³-hybridized carbons (Fsp3) is 0.889. The molecular formula is C27H60O. The molecule has 1 heteroatoms. The van der Waals surface area contributed by atoms with Crippen LogP contribution in [0.4, 0.5) is 0 Å². The molecule has 0 atom stereocenters. The van der Waals surface area contributed by atoms with Crippen LogP contribution in [0.25, 0.3) is 0 Å². The molecule has 174 valence electrons. The van der Waals surface area contributed by atoms with E-state index in [0.29, 0.717) is 6.42 Å². The molecule has 0 unspecified atom stereocenters. The van der Waals surface area contributed by atoms with Gasteiger partial charge in [-0.2, -0.15) is 0 Å². The largest absolute Gasteiger partial charge is 0.295 e. The Bertz CT molecular complexity index is 188. The molecule has 0 aromatic carbocycles. The van der Waals surface area contributed by atoms with Crippen LogP contribution in [0.1, 0.15) is 159 Å². The van der Waals surface area contributed by atoms with Gasteiger partial charge in [0.15, 0.2) is 5.78 Å². The standard InChI is InChI=1S/C7H12O.4C5H12/c1-3-5-6-7(8)4-2;4*1-3-5-4-2/h4H,2-3,5-6H2,1H3;4*3-5H2,1-2H3. The maximum Gasteiger partial charge on any atom is 0.155 e. The van der Waals surface area contributed by atoms with E-state index in [9.17, 15) is 4.79 Å². The van der Waals surface area contributed by atoms with Gasteiger partial charge in [-0.3, -0.25) is 4.79 Å². The van der Waals surface area contributed by atoms with Crippen LogP contribution in [0, 0.1) is 0 Å². The number of carbonyl (C=O) groups is 1. The summed E-state index contributed by atoms with van der Waals surface area (Å²) >= 11 is 0. The van der Waals surface area contributed by atoms with Crippen molar-refractivity contribution >= 4 is 5.78 Å². The van der Waals surface area contributed by atoms with Crippen molar-refractivity contribution in [3.8, 4) is 0 Å². The molecule has 0 saturated heterocycles. The first-order valence-corrected chi connectivity index (χ1v) is 12.6. The van der Waals surface area contributed by atoms with E-state index in [2.05, 4.69) is 68.9 Å². The molecule has 0 spiro atoms. The topological polar surface area (TPSA) is 17.1 Å². The molecular weight excluding hydrogens is 340 g/mol. The van der Waals surface area contributed by atoms with Gasteiger partial charge in [0.25, 0.3) is 0 Å². The molecule has 28 heavy (non-hydrogen) atoms. The average molecular weight is 401 g/mol. The molecule has 0 aromatic heterocycles. The van der Waals surface area contributed by atoms with Gasteiger partial charge in [-0.25, -0.2) is 0 Å². The van der Waals surface area contributed by atoms with Gasteiger partial charge >= 0.3 is 0 Å². The lowest BCUT2D eigenvalue weighted by Crippen LogP contribution is -1.89. The molecule has 0 aliphatic carbocycles. The molecule has 0 amide bonds. The third kappa shape index (κ3) is 84.2. The van der Waals surface area contributed by atoms with Crippen molar-refractivity contribution in [2.45, 2.75) is 159 Å². The predicted molar refractivity (Wildman–Crippen MR) is 136 cm³/mol. The summed E-state index contributed by atoms with van der Waals surface area (Å²) in [7, 11) is 0. The molecule has 0 N–H and O–H groups in total. The van der Waals surface area contributed by atoms with E-state index in [1.165, 1.54) is 83.1 Å². The zero-order valence-corrected chi connectivity index (χ0v) is 21.8. The van der Waals surface area contributed by atoms with Gasteiger partial charge in [-0.05, 0) is 12.5 Å². The minimum atomic E-state index is 0.159. The highest BCUT2D eigenvalue weighted by Gasteiger charge is 1.90. The molecule has 0 bridgehead atoms. The Morgan fingerprint density at radius 2 is 0.714 bits per heavy atom. The summed E-state index contributed by atoms with van der Waals surface area (Å²) in [4.78, 5) is 10.5. The lowest BCUT2D eigenvalue weighted by Gasteiger charge is -1.88. The molecule has 0 rings (SSSR count).